The second-order valence-corrected chi connectivity index (χ2v) is 7.61. The number of rotatable bonds is 8. The van der Waals surface area contributed by atoms with Crippen LogP contribution in [0.3, 0.4) is 0 Å². The zero-order valence-corrected chi connectivity index (χ0v) is 15.8. The number of nitrogens with one attached hydrogen (secondary N) is 1. The Kier molecular flexibility index (Phi) is 6.75. The lowest BCUT2D eigenvalue weighted by Crippen LogP contribution is -2.17. The van der Waals surface area contributed by atoms with Gasteiger partial charge in [-0.05, 0) is 54.6 Å². The number of pyridine rings is 1. The molecule has 0 atom stereocenters. The van der Waals surface area contributed by atoms with Crippen molar-refractivity contribution in [1.29, 1.82) is 0 Å². The van der Waals surface area contributed by atoms with Crippen molar-refractivity contribution in [3.63, 3.8) is 0 Å². The van der Waals surface area contributed by atoms with E-state index in [4.69, 9.17) is 10.5 Å². The van der Waals surface area contributed by atoms with Gasteiger partial charge in [0.05, 0.1) is 17.6 Å². The number of hydrogen-bond donors (Lipinski definition) is 2. The molecule has 0 bridgehead atoms. The van der Waals surface area contributed by atoms with Gasteiger partial charge in [0.15, 0.2) is 11.6 Å². The fraction of sp³-hybridized carbons (Fsp3) is 0.381. The monoisotopic (exact) mass is 357 g/mol. The van der Waals surface area contributed by atoms with E-state index in [1.54, 1.807) is 18.2 Å². The third-order valence-electron chi connectivity index (χ3n) is 3.90. The molecule has 0 saturated carbocycles. The van der Waals surface area contributed by atoms with Crippen LogP contribution in [0.4, 0.5) is 4.39 Å². The summed E-state index contributed by atoms with van der Waals surface area (Å²) in [6.07, 6.45) is 3.76. The van der Waals surface area contributed by atoms with E-state index in [0.29, 0.717) is 29.1 Å². The number of ether oxygens (including phenoxy) is 1. The summed E-state index contributed by atoms with van der Waals surface area (Å²) >= 11 is 0. The van der Waals surface area contributed by atoms with Gasteiger partial charge in [-0.15, -0.1) is 0 Å². The van der Waals surface area contributed by atoms with E-state index >= 15 is 0 Å². The quantitative estimate of drug-likeness (QED) is 0.663. The summed E-state index contributed by atoms with van der Waals surface area (Å²) in [7, 11) is 0. The second-order valence-electron chi connectivity index (χ2n) is 7.61. The Morgan fingerprint density at radius 1 is 1.27 bits per heavy atom. The minimum Gasteiger partial charge on any atom is -0.453 e. The standard InChI is InChI=1S/C21H28FN3O/c1-15(23)19-8-7-17(14-25-19)26-20-9-6-16(12-18(20)22)13-24-11-5-10-21(2,3)4/h6-9,12,14,24H,1,5,10-11,13,23H2,2-4H3. The number of hydrogen-bond acceptors (Lipinski definition) is 4. The maximum atomic E-state index is 14.3. The van der Waals surface area contributed by atoms with Crippen LogP contribution in [-0.2, 0) is 6.54 Å². The molecule has 5 heteroatoms. The summed E-state index contributed by atoms with van der Waals surface area (Å²) in [6, 6.07) is 8.36. The van der Waals surface area contributed by atoms with Crippen molar-refractivity contribution in [3.8, 4) is 11.5 Å². The van der Waals surface area contributed by atoms with Crippen LogP contribution in [0.15, 0.2) is 43.1 Å². The van der Waals surface area contributed by atoms with Gasteiger partial charge in [0.1, 0.15) is 5.75 Å². The summed E-state index contributed by atoms with van der Waals surface area (Å²) in [5, 5.41) is 3.35. The van der Waals surface area contributed by atoms with Gasteiger partial charge in [0.25, 0.3) is 0 Å². The average molecular weight is 357 g/mol. The van der Waals surface area contributed by atoms with Crippen molar-refractivity contribution in [2.75, 3.05) is 6.54 Å². The molecule has 0 aliphatic carbocycles. The lowest BCUT2D eigenvalue weighted by Gasteiger charge is -2.17. The molecule has 1 heterocycles. The molecule has 0 unspecified atom stereocenters. The molecule has 2 aromatic rings. The van der Waals surface area contributed by atoms with Crippen LogP contribution in [0.2, 0.25) is 0 Å². The van der Waals surface area contributed by atoms with Crippen molar-refractivity contribution in [2.24, 2.45) is 11.1 Å². The first-order chi connectivity index (χ1) is 12.2. The van der Waals surface area contributed by atoms with E-state index in [-0.39, 0.29) is 5.75 Å². The van der Waals surface area contributed by atoms with Crippen LogP contribution >= 0.6 is 0 Å². The fourth-order valence-corrected chi connectivity index (χ4v) is 2.47. The molecule has 3 N–H and O–H groups in total. The van der Waals surface area contributed by atoms with Gasteiger partial charge >= 0.3 is 0 Å². The molecular weight excluding hydrogens is 329 g/mol. The highest BCUT2D eigenvalue weighted by atomic mass is 19.1. The van der Waals surface area contributed by atoms with Crippen molar-refractivity contribution >= 4 is 5.70 Å². The van der Waals surface area contributed by atoms with Gasteiger partial charge in [0.2, 0.25) is 0 Å². The first-order valence-electron chi connectivity index (χ1n) is 8.82. The highest BCUT2D eigenvalue weighted by molar-refractivity contribution is 5.56. The topological polar surface area (TPSA) is 60.2 Å². The molecule has 0 fully saturated rings. The Balaban J connectivity index is 1.87. The van der Waals surface area contributed by atoms with Gasteiger partial charge in [-0.25, -0.2) is 4.39 Å². The van der Waals surface area contributed by atoms with Gasteiger partial charge in [-0.2, -0.15) is 0 Å². The zero-order valence-electron chi connectivity index (χ0n) is 15.8. The Morgan fingerprint density at radius 3 is 2.62 bits per heavy atom. The lowest BCUT2D eigenvalue weighted by atomic mass is 9.91. The van der Waals surface area contributed by atoms with E-state index in [1.807, 2.05) is 6.07 Å². The van der Waals surface area contributed by atoms with E-state index in [2.05, 4.69) is 37.7 Å². The molecule has 0 aliphatic heterocycles. The van der Waals surface area contributed by atoms with E-state index in [9.17, 15) is 4.39 Å². The van der Waals surface area contributed by atoms with Crippen LogP contribution in [0.5, 0.6) is 11.5 Å². The van der Waals surface area contributed by atoms with Crippen molar-refractivity contribution in [3.05, 3.63) is 60.2 Å². The molecule has 26 heavy (non-hydrogen) atoms. The molecule has 2 rings (SSSR count). The normalized spacial score (nSPS) is 11.4. The van der Waals surface area contributed by atoms with Crippen LogP contribution in [0.25, 0.3) is 5.70 Å². The Morgan fingerprint density at radius 2 is 2.04 bits per heavy atom. The summed E-state index contributed by atoms with van der Waals surface area (Å²) in [4.78, 5) is 4.11. The fourth-order valence-electron chi connectivity index (χ4n) is 2.47. The molecule has 140 valence electrons. The summed E-state index contributed by atoms with van der Waals surface area (Å²) in [5.74, 6) is 0.218. The first kappa shape index (κ1) is 19.9. The number of nitrogens with zero attached hydrogens (tertiary/aromatic N) is 1. The van der Waals surface area contributed by atoms with E-state index in [0.717, 1.165) is 24.9 Å². The maximum Gasteiger partial charge on any atom is 0.166 e. The zero-order chi connectivity index (χ0) is 19.2. The molecule has 0 radical (unpaired) electrons. The maximum absolute atomic E-state index is 14.3. The number of aromatic nitrogens is 1. The lowest BCUT2D eigenvalue weighted by molar-refractivity contribution is 0.361. The first-order valence-corrected chi connectivity index (χ1v) is 8.82. The third-order valence-corrected chi connectivity index (χ3v) is 3.90. The predicted octanol–water partition coefficient (Wildman–Crippen LogP) is 4.86. The average Bonchev–Trinajstić information content (AvgIpc) is 2.56. The molecule has 1 aromatic heterocycles. The molecule has 0 saturated heterocycles. The molecule has 0 spiro atoms. The van der Waals surface area contributed by atoms with E-state index in [1.165, 1.54) is 12.3 Å². The number of benzene rings is 1. The van der Waals surface area contributed by atoms with Gasteiger partial charge in [0, 0.05) is 6.54 Å². The summed E-state index contributed by atoms with van der Waals surface area (Å²) < 4.78 is 19.8. The Labute approximate surface area is 155 Å². The van der Waals surface area contributed by atoms with Crippen LogP contribution in [-0.4, -0.2) is 11.5 Å². The number of halogens is 1. The summed E-state index contributed by atoms with van der Waals surface area (Å²) in [5.41, 5.74) is 7.76. The van der Waals surface area contributed by atoms with Crippen LogP contribution in [0.1, 0.15) is 44.9 Å². The molecule has 4 nitrogen and oxygen atoms in total. The smallest absolute Gasteiger partial charge is 0.166 e. The Hall–Kier alpha value is -2.40. The largest absolute Gasteiger partial charge is 0.453 e. The minimum absolute atomic E-state index is 0.169. The number of nitrogens with two attached hydrogens (primary N) is 1. The van der Waals surface area contributed by atoms with Crippen molar-refractivity contribution in [1.82, 2.24) is 10.3 Å². The van der Waals surface area contributed by atoms with Gasteiger partial charge in [-0.1, -0.05) is 33.4 Å². The SMILES string of the molecule is C=C(N)c1ccc(Oc2ccc(CNCCCC(C)(C)C)cc2F)cn1. The highest BCUT2D eigenvalue weighted by Gasteiger charge is 2.09. The van der Waals surface area contributed by atoms with Crippen LogP contribution in [0, 0.1) is 11.2 Å². The second kappa shape index (κ2) is 8.81. The van der Waals surface area contributed by atoms with E-state index < -0.39 is 5.82 Å². The Bertz CT molecular complexity index is 736. The van der Waals surface area contributed by atoms with Gasteiger partial charge < -0.3 is 15.8 Å². The molecular formula is C21H28FN3O. The highest BCUT2D eigenvalue weighted by Crippen LogP contribution is 2.25. The van der Waals surface area contributed by atoms with Crippen LogP contribution < -0.4 is 15.8 Å². The van der Waals surface area contributed by atoms with Gasteiger partial charge in [-0.3, -0.25) is 4.98 Å². The van der Waals surface area contributed by atoms with Crippen molar-refractivity contribution in [2.45, 2.75) is 40.2 Å². The molecule has 0 aliphatic rings. The minimum atomic E-state index is -0.397. The molecule has 1 aromatic carbocycles. The summed E-state index contributed by atoms with van der Waals surface area (Å²) in [6.45, 7) is 11.9. The predicted molar refractivity (Wildman–Crippen MR) is 104 cm³/mol. The van der Waals surface area contributed by atoms with Crippen molar-refractivity contribution < 1.29 is 9.13 Å². The molecule has 0 amide bonds. The third kappa shape index (κ3) is 6.48.